The van der Waals surface area contributed by atoms with Crippen LogP contribution >= 0.6 is 0 Å². The van der Waals surface area contributed by atoms with E-state index in [-0.39, 0.29) is 0 Å². The van der Waals surface area contributed by atoms with Gasteiger partial charge in [-0.2, -0.15) is 0 Å². The second-order valence-corrected chi connectivity index (χ2v) is 5.11. The van der Waals surface area contributed by atoms with Gasteiger partial charge in [0.25, 0.3) is 0 Å². The quantitative estimate of drug-likeness (QED) is 0.713. The Labute approximate surface area is 106 Å². The summed E-state index contributed by atoms with van der Waals surface area (Å²) in [6.45, 7) is 2.53. The molecule has 0 aliphatic rings. The number of benzene rings is 1. The maximum atomic E-state index is 11.6. The Morgan fingerprint density at radius 2 is 1.72 bits per heavy atom. The highest BCUT2D eigenvalue weighted by Gasteiger charge is 2.11. The molecule has 6 nitrogen and oxygen atoms in total. The lowest BCUT2D eigenvalue weighted by Crippen LogP contribution is -2.24. The monoisotopic (exact) mass is 275 g/mol. The van der Waals surface area contributed by atoms with Crippen LogP contribution in [0.2, 0.25) is 0 Å². The summed E-state index contributed by atoms with van der Waals surface area (Å²) in [5.74, 6) is 0. The third-order valence-corrected chi connectivity index (χ3v) is 3.35. The van der Waals surface area contributed by atoms with Crippen molar-refractivity contribution in [2.45, 2.75) is 24.7 Å². The summed E-state index contributed by atoms with van der Waals surface area (Å²) in [6.07, 6.45) is 0.0172. The maximum absolute atomic E-state index is 11.6. The lowest BCUT2D eigenvalue weighted by molar-refractivity contribution is 0.137. The Morgan fingerprint density at radius 3 is 2.17 bits per heavy atom. The summed E-state index contributed by atoms with van der Waals surface area (Å²) < 4.78 is 25.7. The molecule has 1 rings (SSSR count). The Kier molecular flexibility index (Phi) is 7.73. The van der Waals surface area contributed by atoms with Crippen LogP contribution in [0.15, 0.2) is 35.2 Å². The number of sulfonamides is 1. The molecule has 0 unspecified atom stereocenters. The van der Waals surface area contributed by atoms with Gasteiger partial charge in [-0.15, -0.1) is 0 Å². The van der Waals surface area contributed by atoms with Crippen molar-refractivity contribution in [3.05, 3.63) is 30.3 Å². The molecule has 3 N–H and O–H groups in total. The fourth-order valence-electron chi connectivity index (χ4n) is 1.07. The molecule has 0 fully saturated rings. The van der Waals surface area contributed by atoms with Gasteiger partial charge in [0.1, 0.15) is 0 Å². The molecule has 0 heterocycles. The molecule has 102 valence electrons. The van der Waals surface area contributed by atoms with Crippen LogP contribution in [-0.4, -0.2) is 31.3 Å². The summed E-state index contributed by atoms with van der Waals surface area (Å²) in [4.78, 5) is 8.89. The molecule has 0 spiro atoms. The molecule has 0 atom stereocenters. The van der Waals surface area contributed by atoms with Crippen LogP contribution in [0.1, 0.15) is 19.8 Å². The second-order valence-electron chi connectivity index (χ2n) is 3.35. The van der Waals surface area contributed by atoms with E-state index in [1.54, 1.807) is 30.3 Å². The fourth-order valence-corrected chi connectivity index (χ4v) is 2.16. The van der Waals surface area contributed by atoms with E-state index in [9.17, 15) is 8.42 Å². The van der Waals surface area contributed by atoms with Crippen molar-refractivity contribution in [1.29, 1.82) is 0 Å². The third kappa shape index (κ3) is 7.64. The van der Waals surface area contributed by atoms with Crippen molar-refractivity contribution in [2.75, 3.05) is 6.54 Å². The minimum Gasteiger partial charge on any atom is -0.450 e. The first kappa shape index (κ1) is 16.4. The zero-order chi connectivity index (χ0) is 14.0. The molecule has 18 heavy (non-hydrogen) atoms. The fraction of sp³-hybridized carbons (Fsp3) is 0.364. The third-order valence-electron chi connectivity index (χ3n) is 1.88. The largest absolute Gasteiger partial charge is 0.503 e. The van der Waals surface area contributed by atoms with Gasteiger partial charge in [0.2, 0.25) is 10.0 Å². The molecule has 0 bridgehead atoms. The normalized spacial score (nSPS) is 10.3. The van der Waals surface area contributed by atoms with E-state index in [0.29, 0.717) is 11.4 Å². The van der Waals surface area contributed by atoms with Gasteiger partial charge in [-0.05, 0) is 18.6 Å². The molecule has 7 heteroatoms. The number of carboxylic acid groups (broad SMARTS) is 2. The first-order chi connectivity index (χ1) is 8.40. The molecule has 0 aliphatic heterocycles. The van der Waals surface area contributed by atoms with E-state index >= 15 is 0 Å². The van der Waals surface area contributed by atoms with E-state index in [2.05, 4.69) is 4.72 Å². The molecular formula is C11H17NO5S. The first-order valence-electron chi connectivity index (χ1n) is 5.36. The molecule has 0 amide bonds. The molecule has 1 aromatic carbocycles. The number of nitrogens with one attached hydrogen (secondary N) is 1. The minimum atomic E-state index is -3.28. The van der Waals surface area contributed by atoms with Gasteiger partial charge in [0, 0.05) is 6.54 Å². The van der Waals surface area contributed by atoms with Crippen LogP contribution in [-0.2, 0) is 10.0 Å². The zero-order valence-electron chi connectivity index (χ0n) is 10.0. The van der Waals surface area contributed by atoms with Crippen LogP contribution in [0.4, 0.5) is 4.79 Å². The van der Waals surface area contributed by atoms with Gasteiger partial charge < -0.3 is 10.2 Å². The topological polar surface area (TPSA) is 104 Å². The van der Waals surface area contributed by atoms with Crippen molar-refractivity contribution in [3.63, 3.8) is 0 Å². The number of carbonyl (C=O) groups is 1. The zero-order valence-corrected chi connectivity index (χ0v) is 10.9. The minimum absolute atomic E-state index is 0.330. The predicted molar refractivity (Wildman–Crippen MR) is 67.2 cm³/mol. The number of unbranched alkanes of at least 4 members (excludes halogenated alkanes) is 1. The van der Waals surface area contributed by atoms with Crippen molar-refractivity contribution < 1.29 is 23.4 Å². The SMILES string of the molecule is CCCCNS(=O)(=O)c1ccccc1.O=C(O)O. The lowest BCUT2D eigenvalue weighted by Gasteiger charge is -2.04. The van der Waals surface area contributed by atoms with Crippen LogP contribution < -0.4 is 4.72 Å². The Morgan fingerprint density at radius 1 is 1.22 bits per heavy atom. The van der Waals surface area contributed by atoms with Crippen LogP contribution in [0.5, 0.6) is 0 Å². The molecule has 0 saturated carbocycles. The van der Waals surface area contributed by atoms with E-state index in [1.165, 1.54) is 0 Å². The molecular weight excluding hydrogens is 258 g/mol. The van der Waals surface area contributed by atoms with E-state index in [4.69, 9.17) is 15.0 Å². The van der Waals surface area contributed by atoms with Gasteiger partial charge in [0.15, 0.2) is 0 Å². The van der Waals surface area contributed by atoms with Gasteiger partial charge in [-0.1, -0.05) is 31.5 Å². The van der Waals surface area contributed by atoms with Crippen molar-refractivity contribution in [1.82, 2.24) is 4.72 Å². The lowest BCUT2D eigenvalue weighted by atomic mass is 10.3. The van der Waals surface area contributed by atoms with Gasteiger partial charge in [-0.3, -0.25) is 0 Å². The van der Waals surface area contributed by atoms with Gasteiger partial charge >= 0.3 is 6.16 Å². The van der Waals surface area contributed by atoms with Gasteiger partial charge in [-0.25, -0.2) is 17.9 Å². The highest BCUT2D eigenvalue weighted by molar-refractivity contribution is 7.89. The van der Waals surface area contributed by atoms with Crippen LogP contribution in [0, 0.1) is 0 Å². The molecule has 0 aromatic heterocycles. The van der Waals surface area contributed by atoms with Gasteiger partial charge in [0.05, 0.1) is 4.90 Å². The van der Waals surface area contributed by atoms with E-state index < -0.39 is 16.2 Å². The predicted octanol–water partition coefficient (Wildman–Crippen LogP) is 1.99. The average molecular weight is 275 g/mol. The number of hydrogen-bond donors (Lipinski definition) is 3. The first-order valence-corrected chi connectivity index (χ1v) is 6.85. The van der Waals surface area contributed by atoms with E-state index in [0.717, 1.165) is 12.8 Å². The smallest absolute Gasteiger partial charge is 0.450 e. The number of hydrogen-bond acceptors (Lipinski definition) is 3. The highest BCUT2D eigenvalue weighted by atomic mass is 32.2. The summed E-state index contributed by atoms with van der Waals surface area (Å²) >= 11 is 0. The molecule has 1 aromatic rings. The highest BCUT2D eigenvalue weighted by Crippen LogP contribution is 2.06. The summed E-state index contributed by atoms with van der Waals surface area (Å²) in [5, 5.41) is 13.9. The molecule has 0 saturated heterocycles. The summed E-state index contributed by atoms with van der Waals surface area (Å²) in [5.41, 5.74) is 0. The van der Waals surface area contributed by atoms with Crippen molar-refractivity contribution in [3.8, 4) is 0 Å². The maximum Gasteiger partial charge on any atom is 0.503 e. The van der Waals surface area contributed by atoms with Crippen molar-refractivity contribution in [2.24, 2.45) is 0 Å². The van der Waals surface area contributed by atoms with Crippen LogP contribution in [0.25, 0.3) is 0 Å². The molecule has 0 radical (unpaired) electrons. The Bertz CT molecular complexity index is 440. The summed E-state index contributed by atoms with van der Waals surface area (Å²) in [7, 11) is -3.28. The Hall–Kier alpha value is -1.60. The van der Waals surface area contributed by atoms with Crippen molar-refractivity contribution >= 4 is 16.2 Å². The van der Waals surface area contributed by atoms with E-state index in [1.807, 2.05) is 6.92 Å². The van der Waals surface area contributed by atoms with Crippen LogP contribution in [0.3, 0.4) is 0 Å². The average Bonchev–Trinajstić information content (AvgIpc) is 2.30. The number of rotatable bonds is 5. The molecule has 0 aliphatic carbocycles. The second kappa shape index (κ2) is 8.48. The standard InChI is InChI=1S/C10H15NO2S.CH2O3/c1-2-3-9-11-14(12,13)10-7-5-4-6-8-10;2-1(3)4/h4-8,11H,2-3,9H2,1H3;(H2,2,3,4). The Balaban J connectivity index is 0.000000631. The summed E-state index contributed by atoms with van der Waals surface area (Å²) in [6, 6.07) is 8.41.